The van der Waals surface area contributed by atoms with Crippen LogP contribution in [-0.2, 0) is 0 Å². The van der Waals surface area contributed by atoms with Gasteiger partial charge in [-0.3, -0.25) is 4.79 Å². The smallest absolute Gasteiger partial charge is 0.170 e. The summed E-state index contributed by atoms with van der Waals surface area (Å²) in [4.78, 5) is 11.9. The molecule has 2 nitrogen and oxygen atoms in total. The van der Waals surface area contributed by atoms with Gasteiger partial charge in [0.05, 0.1) is 12.0 Å². The molecule has 0 aliphatic carbocycles. The van der Waals surface area contributed by atoms with Gasteiger partial charge in [-0.05, 0) is 31.5 Å². The van der Waals surface area contributed by atoms with Gasteiger partial charge in [0.1, 0.15) is 17.2 Å². The molecule has 1 aromatic rings. The minimum atomic E-state index is -0.434. The summed E-state index contributed by atoms with van der Waals surface area (Å²) in [6.45, 7) is 3.99. The Labute approximate surface area is 94.4 Å². The number of hydrogen-bond donors (Lipinski definition) is 0. The van der Waals surface area contributed by atoms with Crippen LogP contribution in [0, 0.1) is 5.82 Å². The molecule has 1 aliphatic heterocycles. The highest BCUT2D eigenvalue weighted by Crippen LogP contribution is 2.35. The maximum Gasteiger partial charge on any atom is 0.170 e. The average molecular weight is 222 g/mol. The molecule has 1 atom stereocenters. The Bertz CT molecular complexity index is 428. The van der Waals surface area contributed by atoms with Crippen LogP contribution in [-0.4, -0.2) is 11.4 Å². The first kappa shape index (κ1) is 11.1. The van der Waals surface area contributed by atoms with Crippen molar-refractivity contribution in [3.63, 3.8) is 0 Å². The molecule has 0 aromatic heterocycles. The van der Waals surface area contributed by atoms with Gasteiger partial charge in [0.25, 0.3) is 0 Å². The van der Waals surface area contributed by atoms with Crippen LogP contribution in [0.4, 0.5) is 4.39 Å². The fraction of sp³-hybridized carbons (Fsp3) is 0.462. The van der Waals surface area contributed by atoms with Crippen LogP contribution in [0.2, 0.25) is 0 Å². The van der Waals surface area contributed by atoms with E-state index in [2.05, 4.69) is 6.92 Å². The molecule has 1 heterocycles. The predicted molar refractivity (Wildman–Crippen MR) is 59.3 cm³/mol. The normalized spacial score (nSPS) is 23.8. The summed E-state index contributed by atoms with van der Waals surface area (Å²) >= 11 is 0. The van der Waals surface area contributed by atoms with E-state index in [9.17, 15) is 9.18 Å². The van der Waals surface area contributed by atoms with Crippen molar-refractivity contribution in [3.8, 4) is 5.75 Å². The highest BCUT2D eigenvalue weighted by Gasteiger charge is 2.35. The number of hydrogen-bond acceptors (Lipinski definition) is 2. The zero-order valence-electron chi connectivity index (χ0n) is 9.55. The molecular weight excluding hydrogens is 207 g/mol. The molecule has 1 aliphatic rings. The minimum absolute atomic E-state index is 0.0308. The number of carbonyl (C=O) groups excluding carboxylic acids is 1. The number of fused-ring (bicyclic) bond motifs is 1. The Morgan fingerprint density at radius 2 is 2.25 bits per heavy atom. The van der Waals surface area contributed by atoms with E-state index in [1.54, 1.807) is 0 Å². The molecule has 1 unspecified atom stereocenters. The van der Waals surface area contributed by atoms with Crippen LogP contribution in [0.5, 0.6) is 5.75 Å². The summed E-state index contributed by atoms with van der Waals surface area (Å²) in [7, 11) is 0. The summed E-state index contributed by atoms with van der Waals surface area (Å²) in [5.74, 6) is 0.0834. The lowest BCUT2D eigenvalue weighted by Crippen LogP contribution is -2.39. The lowest BCUT2D eigenvalue weighted by molar-refractivity contribution is 0.0464. The van der Waals surface area contributed by atoms with E-state index in [-0.39, 0.29) is 5.78 Å². The van der Waals surface area contributed by atoms with Crippen LogP contribution in [0.1, 0.15) is 43.5 Å². The Hall–Kier alpha value is -1.38. The third-order valence-corrected chi connectivity index (χ3v) is 2.91. The average Bonchev–Trinajstić information content (AvgIpc) is 2.19. The molecule has 0 saturated heterocycles. The van der Waals surface area contributed by atoms with E-state index >= 15 is 0 Å². The standard InChI is InChI=1S/C13H15FO2/c1-3-6-13(2)8-11(15)10-7-9(14)4-5-12(10)16-13/h4-5,7H,3,6,8H2,1-2H3. The second-order valence-electron chi connectivity index (χ2n) is 4.54. The topological polar surface area (TPSA) is 26.3 Å². The van der Waals surface area contributed by atoms with E-state index in [0.29, 0.717) is 17.7 Å². The third kappa shape index (κ3) is 1.94. The van der Waals surface area contributed by atoms with Gasteiger partial charge in [0.15, 0.2) is 5.78 Å². The van der Waals surface area contributed by atoms with E-state index in [1.807, 2.05) is 6.92 Å². The van der Waals surface area contributed by atoms with Crippen LogP contribution < -0.4 is 4.74 Å². The molecule has 2 rings (SSSR count). The van der Waals surface area contributed by atoms with Gasteiger partial charge in [-0.2, -0.15) is 0 Å². The van der Waals surface area contributed by atoms with Gasteiger partial charge in [-0.1, -0.05) is 13.3 Å². The van der Waals surface area contributed by atoms with Gasteiger partial charge < -0.3 is 4.74 Å². The first-order valence-corrected chi connectivity index (χ1v) is 5.56. The Balaban J connectivity index is 2.37. The molecule has 1 aromatic carbocycles. The summed E-state index contributed by atoms with van der Waals surface area (Å²) < 4.78 is 18.8. The summed E-state index contributed by atoms with van der Waals surface area (Å²) in [5, 5.41) is 0. The number of benzene rings is 1. The molecule has 0 saturated carbocycles. The summed E-state index contributed by atoms with van der Waals surface area (Å²) in [6, 6.07) is 4.11. The summed E-state index contributed by atoms with van der Waals surface area (Å²) in [5.41, 5.74) is -0.0648. The molecule has 16 heavy (non-hydrogen) atoms. The highest BCUT2D eigenvalue weighted by molar-refractivity contribution is 6.00. The molecule has 0 fully saturated rings. The zero-order valence-corrected chi connectivity index (χ0v) is 9.55. The molecule has 0 radical (unpaired) electrons. The second kappa shape index (κ2) is 3.89. The number of ketones is 1. The first-order chi connectivity index (χ1) is 7.54. The van der Waals surface area contributed by atoms with Gasteiger partial charge in [0, 0.05) is 0 Å². The molecule has 0 N–H and O–H groups in total. The molecular formula is C13H15FO2. The molecule has 3 heteroatoms. The van der Waals surface area contributed by atoms with Crippen LogP contribution in [0.15, 0.2) is 18.2 Å². The van der Waals surface area contributed by atoms with Gasteiger partial charge in [-0.25, -0.2) is 4.39 Å². The predicted octanol–water partition coefficient (Wildman–Crippen LogP) is 3.35. The van der Waals surface area contributed by atoms with E-state index < -0.39 is 11.4 Å². The lowest BCUT2D eigenvalue weighted by atomic mass is 9.88. The Morgan fingerprint density at radius 1 is 1.50 bits per heavy atom. The number of ether oxygens (including phenoxy) is 1. The number of carbonyl (C=O) groups is 1. The maximum atomic E-state index is 13.0. The van der Waals surface area contributed by atoms with Gasteiger partial charge in [0.2, 0.25) is 0 Å². The summed E-state index contributed by atoms with van der Waals surface area (Å²) in [6.07, 6.45) is 2.12. The van der Waals surface area contributed by atoms with Gasteiger partial charge >= 0.3 is 0 Å². The quantitative estimate of drug-likeness (QED) is 0.767. The van der Waals surface area contributed by atoms with Crippen molar-refractivity contribution in [1.82, 2.24) is 0 Å². The lowest BCUT2D eigenvalue weighted by Gasteiger charge is -2.34. The SMILES string of the molecule is CCCC1(C)CC(=O)c2cc(F)ccc2O1. The van der Waals surface area contributed by atoms with Crippen LogP contribution >= 0.6 is 0 Å². The van der Waals surface area contributed by atoms with Crippen molar-refractivity contribution in [1.29, 1.82) is 0 Å². The van der Waals surface area contributed by atoms with Crippen LogP contribution in [0.25, 0.3) is 0 Å². The van der Waals surface area contributed by atoms with Crippen molar-refractivity contribution < 1.29 is 13.9 Å². The van der Waals surface area contributed by atoms with Crippen molar-refractivity contribution in [2.24, 2.45) is 0 Å². The van der Waals surface area contributed by atoms with Crippen molar-refractivity contribution >= 4 is 5.78 Å². The third-order valence-electron chi connectivity index (χ3n) is 2.91. The minimum Gasteiger partial charge on any atom is -0.486 e. The van der Waals surface area contributed by atoms with Crippen molar-refractivity contribution in [2.75, 3.05) is 0 Å². The first-order valence-electron chi connectivity index (χ1n) is 5.56. The maximum absolute atomic E-state index is 13.0. The molecule has 86 valence electrons. The largest absolute Gasteiger partial charge is 0.486 e. The van der Waals surface area contributed by atoms with Crippen molar-refractivity contribution in [2.45, 2.75) is 38.7 Å². The second-order valence-corrected chi connectivity index (χ2v) is 4.54. The molecule has 0 bridgehead atoms. The van der Waals surface area contributed by atoms with Crippen molar-refractivity contribution in [3.05, 3.63) is 29.6 Å². The fourth-order valence-electron chi connectivity index (χ4n) is 2.21. The van der Waals surface area contributed by atoms with Crippen LogP contribution in [0.3, 0.4) is 0 Å². The van der Waals surface area contributed by atoms with E-state index in [0.717, 1.165) is 12.8 Å². The monoisotopic (exact) mass is 222 g/mol. The zero-order chi connectivity index (χ0) is 11.8. The number of rotatable bonds is 2. The Morgan fingerprint density at radius 3 is 2.94 bits per heavy atom. The number of Topliss-reactive ketones (excluding diaryl/α,β-unsaturated/α-hetero) is 1. The Kier molecular flexibility index (Phi) is 2.70. The number of halogens is 1. The molecule has 0 amide bonds. The highest BCUT2D eigenvalue weighted by atomic mass is 19.1. The van der Waals surface area contributed by atoms with E-state index in [4.69, 9.17) is 4.74 Å². The van der Waals surface area contributed by atoms with E-state index in [1.165, 1.54) is 18.2 Å². The fourth-order valence-corrected chi connectivity index (χ4v) is 2.21. The molecule has 0 spiro atoms. The van der Waals surface area contributed by atoms with Gasteiger partial charge in [-0.15, -0.1) is 0 Å².